The molecule has 7 atom stereocenters. The molecule has 0 aliphatic heterocycles. The maximum Gasteiger partial charge on any atom is 0.254 e. The van der Waals surface area contributed by atoms with Crippen LogP contribution in [0.25, 0.3) is 0 Å². The number of rotatable bonds is 6. The van der Waals surface area contributed by atoms with Crippen molar-refractivity contribution in [3.05, 3.63) is 59.1 Å². The molecule has 2 saturated carbocycles. The Morgan fingerprint density at radius 2 is 1.89 bits per heavy atom. The van der Waals surface area contributed by atoms with Gasteiger partial charge in [-0.1, -0.05) is 50.6 Å². The third-order valence-electron chi connectivity index (χ3n) is 8.49. The molecule has 2 aliphatic rings. The molecule has 8 heteroatoms. The predicted octanol–water partition coefficient (Wildman–Crippen LogP) is 4.00. The Kier molecular flexibility index (Phi) is 7.77. The van der Waals surface area contributed by atoms with E-state index in [1.807, 2.05) is 31.2 Å². The number of hydrogen-bond donors (Lipinski definition) is 3. The van der Waals surface area contributed by atoms with E-state index < -0.39 is 6.10 Å². The summed E-state index contributed by atoms with van der Waals surface area (Å²) in [5, 5.41) is 18.4. The normalized spacial score (nSPS) is 31.2. The summed E-state index contributed by atoms with van der Waals surface area (Å²) in [6.07, 6.45) is 7.34. The maximum atomic E-state index is 13.0. The average molecular weight is 499 g/mol. The quantitative estimate of drug-likeness (QED) is 0.558. The second-order valence-corrected chi connectivity index (χ2v) is 11.0. The monoisotopic (exact) mass is 498 g/mol. The maximum absolute atomic E-state index is 13.0. The van der Waals surface area contributed by atoms with E-state index in [0.29, 0.717) is 17.1 Å². The van der Waals surface area contributed by atoms with Crippen LogP contribution in [-0.2, 0) is 11.3 Å². The summed E-state index contributed by atoms with van der Waals surface area (Å²) in [6.45, 7) is 6.63. The summed E-state index contributed by atoms with van der Waals surface area (Å²) in [5.41, 5.74) is 1.29. The summed E-state index contributed by atoms with van der Waals surface area (Å²) in [6, 6.07) is 7.41. The van der Waals surface area contributed by atoms with Crippen LogP contribution in [0.4, 0.5) is 0 Å². The van der Waals surface area contributed by atoms with Crippen LogP contribution < -0.4 is 10.6 Å². The van der Waals surface area contributed by atoms with Crippen molar-refractivity contribution in [2.24, 2.45) is 29.1 Å². The van der Waals surface area contributed by atoms with E-state index in [9.17, 15) is 14.7 Å². The number of benzene rings is 1. The number of aliphatic hydroxyl groups excluding tert-OH is 1. The van der Waals surface area contributed by atoms with Gasteiger partial charge in [-0.3, -0.25) is 9.59 Å². The van der Waals surface area contributed by atoms with Crippen molar-refractivity contribution in [2.75, 3.05) is 0 Å². The molecular formula is C27H35ClN4O3. The second kappa shape index (κ2) is 10.6. The summed E-state index contributed by atoms with van der Waals surface area (Å²) in [5.74, 6) is -0.681. The summed E-state index contributed by atoms with van der Waals surface area (Å²) in [4.78, 5) is 33.6. The zero-order valence-electron chi connectivity index (χ0n) is 20.6. The van der Waals surface area contributed by atoms with Crippen LogP contribution in [0.5, 0.6) is 0 Å². The van der Waals surface area contributed by atoms with Crippen molar-refractivity contribution in [2.45, 2.75) is 65.1 Å². The van der Waals surface area contributed by atoms with E-state index in [1.165, 1.54) is 18.7 Å². The standard InChI is InChI=1S/C27H35ClN4O3/c1-16(25(34)31-14-18-6-4-5-7-21(18)28)20-8-10-27(3)11-9-22(17(2)23(27)24(20)33)32-26(35)19-12-29-15-30-13-19/h4-7,12-13,15-17,20,22-24,33H,8-11,14H2,1-3H3,(H,31,34)(H,32,35)/t16-,17-,20+,22-,23+,24-,27+/m0/s1. The first-order chi connectivity index (χ1) is 16.7. The largest absolute Gasteiger partial charge is 0.392 e. The molecule has 188 valence electrons. The van der Waals surface area contributed by atoms with E-state index >= 15 is 0 Å². The molecule has 2 aromatic rings. The fraction of sp³-hybridized carbons (Fsp3) is 0.556. The van der Waals surface area contributed by atoms with Crippen molar-refractivity contribution in [3.63, 3.8) is 0 Å². The van der Waals surface area contributed by atoms with Gasteiger partial charge in [-0.15, -0.1) is 0 Å². The van der Waals surface area contributed by atoms with Gasteiger partial charge >= 0.3 is 0 Å². The number of aliphatic hydroxyl groups is 1. The van der Waals surface area contributed by atoms with Crippen LogP contribution in [0.15, 0.2) is 43.0 Å². The van der Waals surface area contributed by atoms with Crippen molar-refractivity contribution >= 4 is 23.4 Å². The van der Waals surface area contributed by atoms with Gasteiger partial charge < -0.3 is 15.7 Å². The Bertz CT molecular complexity index is 1050. The number of hydrogen-bond acceptors (Lipinski definition) is 5. The molecule has 0 radical (unpaired) electrons. The van der Waals surface area contributed by atoms with Gasteiger partial charge in [0.25, 0.3) is 5.91 Å². The molecule has 35 heavy (non-hydrogen) atoms. The van der Waals surface area contributed by atoms with Gasteiger partial charge in [-0.05, 0) is 60.5 Å². The highest BCUT2D eigenvalue weighted by molar-refractivity contribution is 6.31. The lowest BCUT2D eigenvalue weighted by Crippen LogP contribution is -2.58. The highest BCUT2D eigenvalue weighted by atomic mass is 35.5. The lowest BCUT2D eigenvalue weighted by molar-refractivity contribution is -0.142. The van der Waals surface area contributed by atoms with E-state index in [2.05, 4.69) is 34.4 Å². The molecule has 2 amide bonds. The van der Waals surface area contributed by atoms with Gasteiger partial charge in [0.05, 0.1) is 11.7 Å². The Morgan fingerprint density at radius 3 is 2.60 bits per heavy atom. The molecule has 0 spiro atoms. The molecule has 4 rings (SSSR count). The first kappa shape index (κ1) is 25.6. The number of aromatic nitrogens is 2. The third-order valence-corrected chi connectivity index (χ3v) is 8.86. The first-order valence-corrected chi connectivity index (χ1v) is 12.8. The molecule has 2 aliphatic carbocycles. The van der Waals surface area contributed by atoms with Crippen LogP contribution in [0.1, 0.15) is 62.4 Å². The van der Waals surface area contributed by atoms with Gasteiger partial charge in [0.15, 0.2) is 0 Å². The Morgan fingerprint density at radius 1 is 1.20 bits per heavy atom. The highest BCUT2D eigenvalue weighted by Gasteiger charge is 2.53. The first-order valence-electron chi connectivity index (χ1n) is 12.5. The number of nitrogens with one attached hydrogen (secondary N) is 2. The lowest BCUT2D eigenvalue weighted by Gasteiger charge is -2.56. The van der Waals surface area contributed by atoms with Crippen LogP contribution in [0.2, 0.25) is 5.02 Å². The molecule has 1 heterocycles. The molecule has 3 N–H and O–H groups in total. The summed E-state index contributed by atoms with van der Waals surface area (Å²) >= 11 is 6.23. The number of carbonyl (C=O) groups excluding carboxylic acids is 2. The average Bonchev–Trinajstić information content (AvgIpc) is 2.85. The molecule has 0 unspecified atom stereocenters. The Labute approximate surface area is 212 Å². The van der Waals surface area contributed by atoms with Gasteiger partial charge in [0.2, 0.25) is 5.91 Å². The molecule has 0 bridgehead atoms. The van der Waals surface area contributed by atoms with Gasteiger partial charge in [-0.25, -0.2) is 9.97 Å². The molecule has 1 aromatic carbocycles. The van der Waals surface area contributed by atoms with E-state index in [1.54, 1.807) is 0 Å². The smallest absolute Gasteiger partial charge is 0.254 e. The fourth-order valence-electron chi connectivity index (χ4n) is 6.35. The SMILES string of the molecule is C[C@@H]1[C@@H]2[C@@H](O)[C@@H]([C@H](C)C(=O)NCc3ccccc3Cl)CC[C@]2(C)CC[C@@H]1NC(=O)c1cncnc1. The van der Waals surface area contributed by atoms with Crippen LogP contribution in [-0.4, -0.2) is 39.0 Å². The van der Waals surface area contributed by atoms with Crippen molar-refractivity contribution < 1.29 is 14.7 Å². The van der Waals surface area contributed by atoms with E-state index in [4.69, 9.17) is 11.6 Å². The van der Waals surface area contributed by atoms with Gasteiger partial charge in [0, 0.05) is 35.9 Å². The molecule has 2 fully saturated rings. The van der Waals surface area contributed by atoms with Gasteiger partial charge in [-0.2, -0.15) is 0 Å². The molecule has 0 saturated heterocycles. The zero-order valence-corrected chi connectivity index (χ0v) is 21.3. The third kappa shape index (κ3) is 5.36. The fourth-order valence-corrected chi connectivity index (χ4v) is 6.55. The Hall–Kier alpha value is -2.51. The number of fused-ring (bicyclic) bond motifs is 1. The number of carbonyl (C=O) groups is 2. The van der Waals surface area contributed by atoms with Crippen LogP contribution >= 0.6 is 11.6 Å². The summed E-state index contributed by atoms with van der Waals surface area (Å²) < 4.78 is 0. The number of halogens is 1. The molecular weight excluding hydrogens is 464 g/mol. The topological polar surface area (TPSA) is 104 Å². The number of nitrogens with zero attached hydrogens (tertiary/aromatic N) is 2. The predicted molar refractivity (Wildman–Crippen MR) is 134 cm³/mol. The van der Waals surface area contributed by atoms with Crippen molar-refractivity contribution in [3.8, 4) is 0 Å². The lowest BCUT2D eigenvalue weighted by atomic mass is 9.51. The minimum absolute atomic E-state index is 0.00820. The van der Waals surface area contributed by atoms with E-state index in [-0.39, 0.29) is 46.9 Å². The Balaban J connectivity index is 1.43. The van der Waals surface area contributed by atoms with Crippen LogP contribution in [0, 0.1) is 29.1 Å². The van der Waals surface area contributed by atoms with Gasteiger partial charge in [0.1, 0.15) is 6.33 Å². The van der Waals surface area contributed by atoms with E-state index in [0.717, 1.165) is 31.2 Å². The minimum Gasteiger partial charge on any atom is -0.392 e. The van der Waals surface area contributed by atoms with Crippen LogP contribution in [0.3, 0.4) is 0 Å². The van der Waals surface area contributed by atoms with Crippen molar-refractivity contribution in [1.29, 1.82) is 0 Å². The molecule has 7 nitrogen and oxygen atoms in total. The van der Waals surface area contributed by atoms with Crippen molar-refractivity contribution in [1.82, 2.24) is 20.6 Å². The minimum atomic E-state index is -0.621. The zero-order chi connectivity index (χ0) is 25.2. The number of amides is 2. The molecule has 1 aromatic heterocycles. The highest BCUT2D eigenvalue weighted by Crippen LogP contribution is 2.55. The summed E-state index contributed by atoms with van der Waals surface area (Å²) in [7, 11) is 0. The second-order valence-electron chi connectivity index (χ2n) is 10.6.